The highest BCUT2D eigenvalue weighted by atomic mass is 35.5. The van der Waals surface area contributed by atoms with E-state index in [2.05, 4.69) is 19.4 Å². The maximum Gasteiger partial charge on any atom is 0.271 e. The summed E-state index contributed by atoms with van der Waals surface area (Å²) >= 11 is 17.9. The zero-order chi connectivity index (χ0) is 21.2. The number of hydrogen-bond acceptors (Lipinski definition) is 7. The predicted molar refractivity (Wildman–Crippen MR) is 111 cm³/mol. The van der Waals surface area contributed by atoms with Gasteiger partial charge in [0.05, 0.1) is 12.8 Å². The van der Waals surface area contributed by atoms with E-state index in [0.29, 0.717) is 32.4 Å². The van der Waals surface area contributed by atoms with Crippen LogP contribution in [-0.4, -0.2) is 30.7 Å². The van der Waals surface area contributed by atoms with Gasteiger partial charge in [-0.3, -0.25) is 4.18 Å². The van der Waals surface area contributed by atoms with Crippen LogP contribution in [0.25, 0.3) is 11.3 Å². The van der Waals surface area contributed by atoms with Crippen molar-refractivity contribution in [3.8, 4) is 23.0 Å². The topological polar surface area (TPSA) is 91.3 Å². The average molecular weight is 475 g/mol. The first-order chi connectivity index (χ1) is 13.7. The molecule has 0 N–H and O–H groups in total. The zero-order valence-corrected chi connectivity index (χ0v) is 18.3. The van der Waals surface area contributed by atoms with Crippen molar-refractivity contribution in [3.63, 3.8) is 0 Å². The summed E-state index contributed by atoms with van der Waals surface area (Å²) in [4.78, 5) is 4.48. The summed E-state index contributed by atoms with van der Waals surface area (Å²) < 4.78 is 34.4. The minimum absolute atomic E-state index is 0.145. The van der Waals surface area contributed by atoms with Crippen molar-refractivity contribution in [1.82, 2.24) is 15.2 Å². The molecule has 0 saturated heterocycles. The largest absolute Gasteiger partial charge is 0.419 e. The maximum atomic E-state index is 12.0. The van der Waals surface area contributed by atoms with Crippen LogP contribution >= 0.6 is 34.8 Å². The second kappa shape index (κ2) is 8.81. The Labute approximate surface area is 182 Å². The third-order valence-corrected chi connectivity index (χ3v) is 5.70. The van der Waals surface area contributed by atoms with Crippen LogP contribution in [0.3, 0.4) is 0 Å². The monoisotopic (exact) mass is 473 g/mol. The quantitative estimate of drug-likeness (QED) is 0.460. The van der Waals surface area contributed by atoms with Crippen LogP contribution < -0.4 is 4.74 Å². The maximum absolute atomic E-state index is 12.0. The number of nitrogens with zero attached hydrogens (tertiary/aromatic N) is 3. The highest BCUT2D eigenvalue weighted by Gasteiger charge is 2.19. The first kappa shape index (κ1) is 21.7. The molecule has 0 saturated carbocycles. The van der Waals surface area contributed by atoms with Crippen molar-refractivity contribution in [2.24, 2.45) is 0 Å². The van der Waals surface area contributed by atoms with Gasteiger partial charge in [0.25, 0.3) is 10.1 Å². The molecule has 0 spiro atoms. The summed E-state index contributed by atoms with van der Waals surface area (Å²) in [5.41, 5.74) is 1.94. The van der Waals surface area contributed by atoms with Crippen molar-refractivity contribution >= 4 is 44.9 Å². The summed E-state index contributed by atoms with van der Waals surface area (Å²) in [6, 6.07) is 9.55. The molecule has 0 amide bonds. The number of hydrogen-bond donors (Lipinski definition) is 0. The average Bonchev–Trinajstić information content (AvgIpc) is 2.65. The first-order valence-electron chi connectivity index (χ1n) is 8.09. The Morgan fingerprint density at radius 2 is 1.69 bits per heavy atom. The molecule has 3 aromatic rings. The second-order valence-electron chi connectivity index (χ2n) is 5.92. The molecule has 0 fully saturated rings. The molecule has 2 heterocycles. The van der Waals surface area contributed by atoms with Crippen molar-refractivity contribution < 1.29 is 17.3 Å². The minimum atomic E-state index is -3.79. The van der Waals surface area contributed by atoms with Crippen LogP contribution in [0.15, 0.2) is 36.4 Å². The summed E-state index contributed by atoms with van der Waals surface area (Å²) in [5.74, 6) is -0.0784. The summed E-state index contributed by atoms with van der Waals surface area (Å²) in [5, 5.41) is 8.58. The minimum Gasteiger partial charge on any atom is -0.419 e. The lowest BCUT2D eigenvalue weighted by atomic mass is 10.1. The zero-order valence-electron chi connectivity index (χ0n) is 15.2. The van der Waals surface area contributed by atoms with Gasteiger partial charge in [-0.2, -0.15) is 8.42 Å². The van der Waals surface area contributed by atoms with Gasteiger partial charge in [0.2, 0.25) is 11.8 Å². The van der Waals surface area contributed by atoms with Gasteiger partial charge in [-0.05, 0) is 42.8 Å². The Hall–Kier alpha value is -1.97. The number of rotatable bonds is 6. The van der Waals surface area contributed by atoms with E-state index in [0.717, 1.165) is 7.11 Å². The van der Waals surface area contributed by atoms with E-state index in [1.54, 1.807) is 31.2 Å². The fourth-order valence-corrected chi connectivity index (χ4v) is 3.87. The highest BCUT2D eigenvalue weighted by Crippen LogP contribution is 2.32. The van der Waals surface area contributed by atoms with Crippen molar-refractivity contribution in [2.45, 2.75) is 12.7 Å². The van der Waals surface area contributed by atoms with Crippen molar-refractivity contribution in [2.75, 3.05) is 7.11 Å². The lowest BCUT2D eigenvalue weighted by molar-refractivity contribution is 0.396. The number of benzene rings is 1. The van der Waals surface area contributed by atoms with Gasteiger partial charge >= 0.3 is 0 Å². The van der Waals surface area contributed by atoms with E-state index >= 15 is 0 Å². The molecule has 0 unspecified atom stereocenters. The summed E-state index contributed by atoms with van der Waals surface area (Å²) in [6.07, 6.45) is 0. The smallest absolute Gasteiger partial charge is 0.271 e. The van der Waals surface area contributed by atoms with E-state index in [9.17, 15) is 8.42 Å². The van der Waals surface area contributed by atoms with Crippen molar-refractivity contribution in [1.29, 1.82) is 0 Å². The van der Waals surface area contributed by atoms with E-state index < -0.39 is 10.1 Å². The van der Waals surface area contributed by atoms with E-state index in [1.807, 2.05) is 0 Å². The van der Waals surface area contributed by atoms with Crippen LogP contribution in [0, 0.1) is 6.92 Å². The fraction of sp³-hybridized carbons (Fsp3) is 0.167. The van der Waals surface area contributed by atoms with Gasteiger partial charge in [0, 0.05) is 27.2 Å². The number of ether oxygens (including phenoxy) is 1. The normalized spacial score (nSPS) is 11.5. The Bertz CT molecular complexity index is 1140. The van der Waals surface area contributed by atoms with Crippen LogP contribution in [0.4, 0.5) is 0 Å². The molecule has 2 aromatic heterocycles. The molecule has 0 bridgehead atoms. The van der Waals surface area contributed by atoms with Gasteiger partial charge in [0.15, 0.2) is 5.15 Å². The molecular weight excluding hydrogens is 461 g/mol. The number of aromatic nitrogens is 3. The molecule has 3 rings (SSSR count). The SMILES string of the molecule is COS(=O)(=O)Cc1cc(-c2cc(Cl)cc(Cl)c2)nc(Oc2ccc(Cl)nn2)c1C. The molecule has 7 nitrogen and oxygen atoms in total. The molecule has 0 aliphatic rings. The van der Waals surface area contributed by atoms with Gasteiger partial charge in [0.1, 0.15) is 5.75 Å². The van der Waals surface area contributed by atoms with Crippen LogP contribution in [0.2, 0.25) is 15.2 Å². The van der Waals surface area contributed by atoms with Gasteiger partial charge in [-0.15, -0.1) is 10.2 Å². The van der Waals surface area contributed by atoms with E-state index in [-0.39, 0.29) is 22.7 Å². The second-order valence-corrected chi connectivity index (χ2v) is 8.92. The number of halogens is 3. The Morgan fingerprint density at radius 3 is 2.28 bits per heavy atom. The summed E-state index contributed by atoms with van der Waals surface area (Å²) in [6.45, 7) is 1.68. The first-order valence-corrected chi connectivity index (χ1v) is 10.8. The molecular formula is C18H14Cl3N3O4S. The van der Waals surface area contributed by atoms with Gasteiger partial charge in [-0.25, -0.2) is 4.98 Å². The Balaban J connectivity index is 2.13. The summed E-state index contributed by atoms with van der Waals surface area (Å²) in [7, 11) is -2.69. The lowest BCUT2D eigenvalue weighted by Crippen LogP contribution is -2.09. The molecule has 152 valence electrons. The van der Waals surface area contributed by atoms with E-state index in [1.165, 1.54) is 12.1 Å². The van der Waals surface area contributed by atoms with Crippen LogP contribution in [0.5, 0.6) is 11.8 Å². The standard InChI is InChI=1S/C18H14Cl3N3O4S/c1-10-12(9-29(25,26)27-2)7-15(11-5-13(19)8-14(20)6-11)22-18(10)28-17-4-3-16(21)23-24-17/h3-8H,9H2,1-2H3. The molecule has 1 aromatic carbocycles. The van der Waals surface area contributed by atoms with E-state index in [4.69, 9.17) is 39.5 Å². The lowest BCUT2D eigenvalue weighted by Gasteiger charge is -2.14. The molecule has 11 heteroatoms. The number of pyridine rings is 1. The molecule has 0 radical (unpaired) electrons. The van der Waals surface area contributed by atoms with Crippen LogP contribution in [-0.2, 0) is 20.1 Å². The Morgan fingerprint density at radius 1 is 1.00 bits per heavy atom. The fourth-order valence-electron chi connectivity index (χ4n) is 2.44. The molecule has 29 heavy (non-hydrogen) atoms. The Kier molecular flexibility index (Phi) is 6.60. The third-order valence-electron chi connectivity index (χ3n) is 3.89. The van der Waals surface area contributed by atoms with Crippen molar-refractivity contribution in [3.05, 3.63) is 62.7 Å². The highest BCUT2D eigenvalue weighted by molar-refractivity contribution is 7.85. The van der Waals surface area contributed by atoms with Gasteiger partial charge < -0.3 is 4.74 Å². The third kappa shape index (κ3) is 5.55. The van der Waals surface area contributed by atoms with Crippen LogP contribution in [0.1, 0.15) is 11.1 Å². The predicted octanol–water partition coefficient (Wildman–Crippen LogP) is 5.08. The molecule has 0 atom stereocenters. The molecule has 0 aliphatic carbocycles. The molecule has 0 aliphatic heterocycles. The van der Waals surface area contributed by atoms with Gasteiger partial charge in [-0.1, -0.05) is 34.8 Å².